The van der Waals surface area contributed by atoms with Crippen LogP contribution in [0, 0.1) is 0 Å². The van der Waals surface area contributed by atoms with Crippen LogP contribution in [0.3, 0.4) is 0 Å². The van der Waals surface area contributed by atoms with Crippen molar-refractivity contribution in [3.8, 4) is 0 Å². The van der Waals surface area contributed by atoms with Crippen LogP contribution in [-0.4, -0.2) is 5.91 Å². The molecule has 0 aliphatic rings. The smallest absolute Gasteiger partial charge is 0.255 e. The van der Waals surface area contributed by atoms with Gasteiger partial charge in [-0.15, -0.1) is 0 Å². The van der Waals surface area contributed by atoms with Crippen LogP contribution in [0.5, 0.6) is 0 Å². The first-order valence-corrected chi connectivity index (χ1v) is 5.91. The maximum absolute atomic E-state index is 11.7. The quantitative estimate of drug-likeness (QED) is 0.892. The molecule has 3 heteroatoms. The zero-order valence-corrected chi connectivity index (χ0v) is 10.4. The van der Waals surface area contributed by atoms with Gasteiger partial charge in [-0.25, -0.2) is 0 Å². The number of carbonyl (C=O) groups excluding carboxylic acids is 1. The molecular formula is C15H12ClNO. The lowest BCUT2D eigenvalue weighted by molar-refractivity contribution is 0.0970. The largest absolute Gasteiger partial charge is 0.329 e. The van der Waals surface area contributed by atoms with Gasteiger partial charge in [0.05, 0.1) is 0 Å². The first-order valence-electron chi connectivity index (χ1n) is 5.54. The molecule has 2 rings (SSSR count). The van der Waals surface area contributed by atoms with E-state index in [0.29, 0.717) is 10.6 Å². The van der Waals surface area contributed by atoms with Crippen molar-refractivity contribution >= 4 is 23.6 Å². The van der Waals surface area contributed by atoms with E-state index in [1.165, 1.54) is 0 Å². The number of rotatable bonds is 3. The third-order valence-corrected chi connectivity index (χ3v) is 2.65. The molecule has 2 nitrogen and oxygen atoms in total. The lowest BCUT2D eigenvalue weighted by Crippen LogP contribution is -2.16. The van der Waals surface area contributed by atoms with E-state index in [1.54, 1.807) is 30.5 Å². The van der Waals surface area contributed by atoms with Gasteiger partial charge in [0.25, 0.3) is 5.91 Å². The average Bonchev–Trinajstić information content (AvgIpc) is 2.42. The summed E-state index contributed by atoms with van der Waals surface area (Å²) in [5.41, 5.74) is 1.62. The standard InChI is InChI=1S/C15H12ClNO/c16-14-8-6-12(7-9-14)10-11-17-15(18)13-4-2-1-3-5-13/h1-11H,(H,17,18)/b11-10+. The summed E-state index contributed by atoms with van der Waals surface area (Å²) in [4.78, 5) is 11.7. The van der Waals surface area contributed by atoms with E-state index in [1.807, 2.05) is 36.4 Å². The Labute approximate surface area is 111 Å². The summed E-state index contributed by atoms with van der Waals surface area (Å²) in [6, 6.07) is 16.5. The van der Waals surface area contributed by atoms with Gasteiger partial charge in [-0.1, -0.05) is 41.9 Å². The Morgan fingerprint density at radius 2 is 1.67 bits per heavy atom. The molecule has 18 heavy (non-hydrogen) atoms. The summed E-state index contributed by atoms with van der Waals surface area (Å²) < 4.78 is 0. The van der Waals surface area contributed by atoms with Crippen molar-refractivity contribution in [1.29, 1.82) is 0 Å². The highest BCUT2D eigenvalue weighted by molar-refractivity contribution is 6.30. The van der Waals surface area contributed by atoms with Crippen LogP contribution in [-0.2, 0) is 0 Å². The molecule has 0 saturated heterocycles. The minimum atomic E-state index is -0.124. The fraction of sp³-hybridized carbons (Fsp3) is 0. The third-order valence-electron chi connectivity index (χ3n) is 2.40. The van der Waals surface area contributed by atoms with Gasteiger partial charge in [0.15, 0.2) is 0 Å². The lowest BCUT2D eigenvalue weighted by Gasteiger charge is -1.99. The molecular weight excluding hydrogens is 246 g/mol. The number of carbonyl (C=O) groups is 1. The molecule has 0 aliphatic heterocycles. The highest BCUT2D eigenvalue weighted by Crippen LogP contribution is 2.10. The summed E-state index contributed by atoms with van der Waals surface area (Å²) in [6.07, 6.45) is 3.44. The molecule has 0 aliphatic carbocycles. The molecule has 1 N–H and O–H groups in total. The topological polar surface area (TPSA) is 29.1 Å². The van der Waals surface area contributed by atoms with Gasteiger partial charge in [0.1, 0.15) is 0 Å². The van der Waals surface area contributed by atoms with E-state index in [2.05, 4.69) is 5.32 Å². The van der Waals surface area contributed by atoms with Gasteiger partial charge in [-0.05, 0) is 35.9 Å². The second-order valence-corrected chi connectivity index (χ2v) is 4.16. The molecule has 0 radical (unpaired) electrons. The summed E-state index contributed by atoms with van der Waals surface area (Å²) >= 11 is 5.78. The van der Waals surface area contributed by atoms with Crippen molar-refractivity contribution in [2.45, 2.75) is 0 Å². The van der Waals surface area contributed by atoms with E-state index < -0.39 is 0 Å². The maximum Gasteiger partial charge on any atom is 0.255 e. The first-order chi connectivity index (χ1) is 8.75. The molecule has 0 aromatic heterocycles. The van der Waals surface area contributed by atoms with Gasteiger partial charge in [-0.3, -0.25) is 4.79 Å². The van der Waals surface area contributed by atoms with Gasteiger partial charge in [-0.2, -0.15) is 0 Å². The Morgan fingerprint density at radius 1 is 1.00 bits per heavy atom. The van der Waals surface area contributed by atoms with Gasteiger partial charge >= 0.3 is 0 Å². The molecule has 1 amide bonds. The lowest BCUT2D eigenvalue weighted by atomic mass is 10.2. The van der Waals surface area contributed by atoms with Gasteiger partial charge < -0.3 is 5.32 Å². The van der Waals surface area contributed by atoms with Crippen LogP contribution < -0.4 is 5.32 Å². The van der Waals surface area contributed by atoms with Crippen LogP contribution in [0.1, 0.15) is 15.9 Å². The molecule has 90 valence electrons. The molecule has 2 aromatic carbocycles. The maximum atomic E-state index is 11.7. The number of halogens is 1. The number of amides is 1. The molecule has 0 spiro atoms. The molecule has 0 unspecified atom stereocenters. The van der Waals surface area contributed by atoms with Crippen molar-refractivity contribution in [2.24, 2.45) is 0 Å². The van der Waals surface area contributed by atoms with E-state index in [9.17, 15) is 4.79 Å². The first kappa shape index (κ1) is 12.4. The molecule has 0 atom stereocenters. The monoisotopic (exact) mass is 257 g/mol. The summed E-state index contributed by atoms with van der Waals surface area (Å²) in [5, 5.41) is 3.40. The fourth-order valence-electron chi connectivity index (χ4n) is 1.46. The van der Waals surface area contributed by atoms with E-state index in [0.717, 1.165) is 5.56 Å². The SMILES string of the molecule is O=C(N/C=C/c1ccc(Cl)cc1)c1ccccc1. The predicted octanol–water partition coefficient (Wildman–Crippen LogP) is 3.74. The zero-order valence-electron chi connectivity index (χ0n) is 9.64. The van der Waals surface area contributed by atoms with Gasteiger partial charge in [0, 0.05) is 16.8 Å². The molecule has 0 heterocycles. The second kappa shape index (κ2) is 6.03. The van der Waals surface area contributed by atoms with Crippen molar-refractivity contribution in [3.05, 3.63) is 76.9 Å². The Kier molecular flexibility index (Phi) is 4.15. The van der Waals surface area contributed by atoms with Crippen molar-refractivity contribution in [1.82, 2.24) is 5.32 Å². The van der Waals surface area contributed by atoms with Crippen LogP contribution >= 0.6 is 11.6 Å². The van der Waals surface area contributed by atoms with Crippen LogP contribution in [0.15, 0.2) is 60.8 Å². The predicted molar refractivity (Wildman–Crippen MR) is 74.4 cm³/mol. The van der Waals surface area contributed by atoms with E-state index in [4.69, 9.17) is 11.6 Å². The molecule has 0 bridgehead atoms. The normalized spacial score (nSPS) is 10.5. The summed E-state index contributed by atoms with van der Waals surface area (Å²) in [6.45, 7) is 0. The zero-order chi connectivity index (χ0) is 12.8. The average molecular weight is 258 g/mol. The summed E-state index contributed by atoms with van der Waals surface area (Å²) in [7, 11) is 0. The highest BCUT2D eigenvalue weighted by atomic mass is 35.5. The van der Waals surface area contributed by atoms with Gasteiger partial charge in [0.2, 0.25) is 0 Å². The molecule has 0 fully saturated rings. The highest BCUT2D eigenvalue weighted by Gasteiger charge is 2.00. The van der Waals surface area contributed by atoms with Crippen molar-refractivity contribution in [3.63, 3.8) is 0 Å². The Hall–Kier alpha value is -2.06. The summed E-state index contributed by atoms with van der Waals surface area (Å²) in [5.74, 6) is -0.124. The third kappa shape index (κ3) is 3.47. The number of benzene rings is 2. The minimum absolute atomic E-state index is 0.124. The number of nitrogens with one attached hydrogen (secondary N) is 1. The van der Waals surface area contributed by atoms with Crippen molar-refractivity contribution < 1.29 is 4.79 Å². The second-order valence-electron chi connectivity index (χ2n) is 3.72. The number of hydrogen-bond donors (Lipinski definition) is 1. The van der Waals surface area contributed by atoms with Crippen LogP contribution in [0.25, 0.3) is 6.08 Å². The van der Waals surface area contributed by atoms with Crippen molar-refractivity contribution in [2.75, 3.05) is 0 Å². The molecule has 2 aromatic rings. The Bertz CT molecular complexity index is 546. The number of hydrogen-bond acceptors (Lipinski definition) is 1. The van der Waals surface area contributed by atoms with Crippen LogP contribution in [0.2, 0.25) is 5.02 Å². The van der Waals surface area contributed by atoms with E-state index >= 15 is 0 Å². The van der Waals surface area contributed by atoms with Crippen LogP contribution in [0.4, 0.5) is 0 Å². The minimum Gasteiger partial charge on any atom is -0.329 e. The molecule has 0 saturated carbocycles. The Morgan fingerprint density at radius 3 is 2.33 bits per heavy atom. The fourth-order valence-corrected chi connectivity index (χ4v) is 1.59. The van der Waals surface area contributed by atoms with E-state index in [-0.39, 0.29) is 5.91 Å². The Balaban J connectivity index is 1.96.